The predicted molar refractivity (Wildman–Crippen MR) is 283 cm³/mol. The molecule has 13 aromatic rings. The van der Waals surface area contributed by atoms with Crippen LogP contribution in [0.25, 0.3) is 105 Å². The summed E-state index contributed by atoms with van der Waals surface area (Å²) in [5.74, 6) is 0. The number of hydrogen-bond acceptors (Lipinski definition) is 2. The van der Waals surface area contributed by atoms with Crippen LogP contribution in [0.1, 0.15) is 11.1 Å². The van der Waals surface area contributed by atoms with Gasteiger partial charge in [0.25, 0.3) is 0 Å². The van der Waals surface area contributed by atoms with Crippen LogP contribution in [0.15, 0.2) is 218 Å². The molecule has 14 rings (SSSR count). The van der Waals surface area contributed by atoms with Crippen molar-refractivity contribution in [3.8, 4) is 51.5 Å². The van der Waals surface area contributed by atoms with E-state index in [0.717, 1.165) is 111 Å². The molecule has 4 heterocycles. The number of nitrogens with zero attached hydrogens (tertiary/aromatic N) is 6. The van der Waals surface area contributed by atoms with Crippen molar-refractivity contribution in [3.63, 3.8) is 0 Å². The number of hydrogen-bond donors (Lipinski definition) is 0. The second-order valence-corrected chi connectivity index (χ2v) is 18.2. The smallest absolute Gasteiger partial charge is 0.176 e. The Morgan fingerprint density at radius 2 is 0.899 bits per heavy atom. The van der Waals surface area contributed by atoms with Gasteiger partial charge >= 0.3 is 0 Å². The maximum Gasteiger partial charge on any atom is 0.176 e. The van der Waals surface area contributed by atoms with Crippen molar-refractivity contribution in [2.45, 2.75) is 0 Å². The van der Waals surface area contributed by atoms with Crippen LogP contribution in [0, 0.1) is 22.7 Å². The summed E-state index contributed by atoms with van der Waals surface area (Å²) < 4.78 is 7.57. The van der Waals surface area contributed by atoms with Gasteiger partial charge in [-0.15, -0.1) is 0 Å². The summed E-state index contributed by atoms with van der Waals surface area (Å²) in [6, 6.07) is 82.4. The highest BCUT2D eigenvalue weighted by Crippen LogP contribution is 2.62. The van der Waals surface area contributed by atoms with E-state index in [-0.39, 0.29) is 4.48 Å². The predicted octanol–water partition coefficient (Wildman–Crippen LogP) is 16.0. The van der Waals surface area contributed by atoms with E-state index in [1.54, 1.807) is 0 Å². The van der Waals surface area contributed by atoms with Gasteiger partial charge in [0.1, 0.15) is 11.2 Å². The second-order valence-electron chi connectivity index (χ2n) is 18.2. The highest BCUT2D eigenvalue weighted by molar-refractivity contribution is 6.25. The molecule has 3 aromatic heterocycles. The number of benzene rings is 10. The summed E-state index contributed by atoms with van der Waals surface area (Å²) in [5.41, 5.74) is 17.7. The maximum absolute atomic E-state index is 11.4. The number of nitriles is 2. The van der Waals surface area contributed by atoms with E-state index < -0.39 is 0 Å². The minimum Gasteiger partial charge on any atom is -0.307 e. The average molecular weight is 880 g/mol. The van der Waals surface area contributed by atoms with E-state index in [1.165, 1.54) is 10.8 Å². The van der Waals surface area contributed by atoms with Crippen LogP contribution >= 0.6 is 0 Å². The molecule has 0 radical (unpaired) electrons. The minimum atomic E-state index is 0.281. The lowest BCUT2D eigenvalue weighted by atomic mass is 9.95. The third kappa shape index (κ3) is 5.26. The number of aromatic nitrogens is 3. The molecule has 69 heavy (non-hydrogen) atoms. The van der Waals surface area contributed by atoms with E-state index in [9.17, 15) is 10.5 Å². The van der Waals surface area contributed by atoms with Crippen molar-refractivity contribution < 1.29 is 0 Å². The zero-order valence-corrected chi connectivity index (χ0v) is 37.5. The zero-order chi connectivity index (χ0) is 46.0. The largest absolute Gasteiger partial charge is 0.307 e. The molecule has 0 spiro atoms. The number of rotatable bonds is 5. The van der Waals surface area contributed by atoms with E-state index in [1.807, 2.05) is 24.3 Å². The fraction of sp³-hybridized carbons (Fsp3) is 0.0159. The molecule has 1 aliphatic heterocycles. The molecule has 6 nitrogen and oxygen atoms in total. The maximum atomic E-state index is 11.4. The van der Waals surface area contributed by atoms with Gasteiger partial charge in [0.05, 0.1) is 63.5 Å². The molecule has 10 aromatic carbocycles. The number of fused-ring (bicyclic) bond motifs is 14. The molecule has 6 heteroatoms. The first kappa shape index (κ1) is 38.8. The van der Waals surface area contributed by atoms with Gasteiger partial charge in [0.2, 0.25) is 0 Å². The van der Waals surface area contributed by atoms with Gasteiger partial charge in [0, 0.05) is 67.0 Å². The summed E-state index contributed by atoms with van der Waals surface area (Å²) in [5, 5.41) is 28.5. The Labute approximate surface area is 397 Å². The Bertz CT molecular complexity index is 4400. The highest BCUT2D eigenvalue weighted by Gasteiger charge is 2.47. The zero-order valence-electron chi connectivity index (χ0n) is 37.5. The van der Waals surface area contributed by atoms with Crippen molar-refractivity contribution in [1.29, 1.82) is 10.5 Å². The normalized spacial score (nSPS) is 14.2. The van der Waals surface area contributed by atoms with Crippen LogP contribution in [0.2, 0.25) is 0 Å². The summed E-state index contributed by atoms with van der Waals surface area (Å²) in [6.45, 7) is 0. The van der Waals surface area contributed by atoms with Crippen molar-refractivity contribution in [3.05, 3.63) is 230 Å². The van der Waals surface area contributed by atoms with Crippen LogP contribution in [-0.4, -0.2) is 20.7 Å². The third-order valence-corrected chi connectivity index (χ3v) is 14.7. The van der Waals surface area contributed by atoms with Crippen LogP contribution in [0.5, 0.6) is 0 Å². The van der Waals surface area contributed by atoms with Gasteiger partial charge in [-0.05, 0) is 78.4 Å². The minimum absolute atomic E-state index is 0.281. The molecule has 0 aliphatic carbocycles. The quantitative estimate of drug-likeness (QED) is 0.162. The fourth-order valence-corrected chi connectivity index (χ4v) is 11.8. The summed E-state index contributed by atoms with van der Waals surface area (Å²) in [6.07, 6.45) is 0. The molecular formula is C63H39N6+. The Balaban J connectivity index is 1.21. The van der Waals surface area contributed by atoms with Gasteiger partial charge in [-0.1, -0.05) is 133 Å². The van der Waals surface area contributed by atoms with Crippen LogP contribution in [0.3, 0.4) is 0 Å². The van der Waals surface area contributed by atoms with Crippen LogP contribution < -0.4 is 4.48 Å². The molecule has 320 valence electrons. The van der Waals surface area contributed by atoms with Gasteiger partial charge in [-0.25, -0.2) is 4.48 Å². The van der Waals surface area contributed by atoms with Gasteiger partial charge < -0.3 is 13.7 Å². The van der Waals surface area contributed by atoms with Crippen molar-refractivity contribution in [2.24, 2.45) is 0 Å². The van der Waals surface area contributed by atoms with E-state index in [4.69, 9.17) is 0 Å². The Kier molecular flexibility index (Phi) is 8.16. The monoisotopic (exact) mass is 879 g/mol. The second kappa shape index (κ2) is 14.5. The molecule has 0 saturated heterocycles. The SMILES string of the molecule is C[N+]1(c2cc(-c3cccc(C#N)c3)c(C#N)cc2-n2c3ccccc3c3ccc4c5ccccc5n(-c5ccccc5)c4c32)c2ccccc2-c2ccc3c4ccccc4n(-c4ccccc4)c3c21. The Morgan fingerprint density at radius 3 is 1.52 bits per heavy atom. The molecule has 0 N–H and O–H groups in total. The first-order valence-corrected chi connectivity index (χ1v) is 23.3. The highest BCUT2D eigenvalue weighted by atomic mass is 15.4. The number of para-hydroxylation sites is 6. The molecule has 0 fully saturated rings. The lowest BCUT2D eigenvalue weighted by molar-refractivity contribution is 0.642. The molecule has 0 bridgehead atoms. The molecule has 0 saturated carbocycles. The summed E-state index contributed by atoms with van der Waals surface area (Å²) >= 11 is 0. The van der Waals surface area contributed by atoms with E-state index in [0.29, 0.717) is 11.1 Å². The van der Waals surface area contributed by atoms with E-state index >= 15 is 0 Å². The Morgan fingerprint density at radius 1 is 0.377 bits per heavy atom. The third-order valence-electron chi connectivity index (χ3n) is 14.7. The lowest BCUT2D eigenvalue weighted by Crippen LogP contribution is -2.33. The lowest BCUT2D eigenvalue weighted by Gasteiger charge is -2.33. The molecular weight excluding hydrogens is 841 g/mol. The summed E-state index contributed by atoms with van der Waals surface area (Å²) in [7, 11) is 2.34. The number of quaternary nitrogens is 1. The van der Waals surface area contributed by atoms with Crippen molar-refractivity contribution >= 4 is 82.5 Å². The van der Waals surface area contributed by atoms with Crippen molar-refractivity contribution in [2.75, 3.05) is 7.05 Å². The first-order chi connectivity index (χ1) is 34.1. The van der Waals surface area contributed by atoms with Gasteiger partial charge in [-0.3, -0.25) is 0 Å². The first-order valence-electron chi connectivity index (χ1n) is 23.3. The molecule has 1 aliphatic rings. The van der Waals surface area contributed by atoms with Crippen LogP contribution in [-0.2, 0) is 0 Å². The molecule has 0 amide bonds. The van der Waals surface area contributed by atoms with E-state index in [2.05, 4.69) is 227 Å². The van der Waals surface area contributed by atoms with Gasteiger partial charge in [-0.2, -0.15) is 10.5 Å². The standard InChI is InChI=1S/C63H39N6/c1-69(58-30-15-11-26-48(58)52-34-33-51-47-25-9-13-28-55(47)67(62(51)63(52)69)44-21-6-3-7-22-44)59-37-53(41-18-16-17-40(35-41)38-64)42(39-65)36-57(59)68-56-29-14-10-24-46(56)50-32-31-49-45-23-8-12-27-54(45)66(60(49)61(50)68)43-19-4-2-5-20-43/h2-37H,1H3/q+1. The molecule has 1 atom stereocenters. The Hall–Kier alpha value is -9.46. The van der Waals surface area contributed by atoms with Crippen LogP contribution in [0.4, 0.5) is 17.1 Å². The summed E-state index contributed by atoms with van der Waals surface area (Å²) in [4.78, 5) is 0. The average Bonchev–Trinajstić information content (AvgIpc) is 4.13. The topological polar surface area (TPSA) is 62.4 Å². The van der Waals surface area contributed by atoms with Gasteiger partial charge in [0.15, 0.2) is 17.1 Å². The molecule has 1 unspecified atom stereocenters. The fourth-order valence-electron chi connectivity index (χ4n) is 11.8. The van der Waals surface area contributed by atoms with Crippen molar-refractivity contribution in [1.82, 2.24) is 18.2 Å².